The van der Waals surface area contributed by atoms with Crippen molar-refractivity contribution in [3.63, 3.8) is 0 Å². The molecule has 0 fully saturated rings. The lowest BCUT2D eigenvalue weighted by Gasteiger charge is -2.08. The minimum Gasteiger partial charge on any atom is -0.342 e. The Bertz CT molecular complexity index is 424. The molecule has 7 heteroatoms. The number of tetrazole rings is 1. The molecule has 2 N–H and O–H groups in total. The third kappa shape index (κ3) is 2.18. The molecule has 0 spiro atoms. The maximum Gasteiger partial charge on any atom is 0.252 e. The van der Waals surface area contributed by atoms with Crippen molar-refractivity contribution in [2.75, 3.05) is 0 Å². The van der Waals surface area contributed by atoms with Crippen molar-refractivity contribution in [1.29, 1.82) is 0 Å². The van der Waals surface area contributed by atoms with E-state index in [1.165, 1.54) is 11.3 Å². The highest BCUT2D eigenvalue weighted by Gasteiger charge is 2.14. The number of amides is 1. The van der Waals surface area contributed by atoms with Gasteiger partial charge in [0.15, 0.2) is 5.82 Å². The molecular formula is C8H9N5OS. The minimum absolute atomic E-state index is 0.131. The fourth-order valence-corrected chi connectivity index (χ4v) is 1.73. The number of rotatable bonds is 3. The van der Waals surface area contributed by atoms with Gasteiger partial charge < -0.3 is 5.32 Å². The van der Waals surface area contributed by atoms with Gasteiger partial charge in [0, 0.05) is 5.38 Å². The molecule has 2 rings (SSSR count). The van der Waals surface area contributed by atoms with Gasteiger partial charge in [-0.2, -0.15) is 16.6 Å². The summed E-state index contributed by atoms with van der Waals surface area (Å²) in [7, 11) is 0. The largest absolute Gasteiger partial charge is 0.342 e. The van der Waals surface area contributed by atoms with Crippen molar-refractivity contribution in [3.05, 3.63) is 28.2 Å². The van der Waals surface area contributed by atoms with E-state index in [9.17, 15) is 4.79 Å². The molecule has 0 saturated heterocycles. The summed E-state index contributed by atoms with van der Waals surface area (Å²) in [5, 5.41) is 19.8. The van der Waals surface area contributed by atoms with Gasteiger partial charge >= 0.3 is 0 Å². The zero-order valence-electron chi connectivity index (χ0n) is 7.97. The highest BCUT2D eigenvalue weighted by molar-refractivity contribution is 7.08. The second-order valence-corrected chi connectivity index (χ2v) is 3.76. The molecule has 6 nitrogen and oxygen atoms in total. The second-order valence-electron chi connectivity index (χ2n) is 2.98. The Kier molecular flexibility index (Phi) is 2.72. The number of hydrogen-bond donors (Lipinski definition) is 2. The third-order valence-corrected chi connectivity index (χ3v) is 2.56. The normalized spacial score (nSPS) is 12.3. The van der Waals surface area contributed by atoms with Crippen molar-refractivity contribution >= 4 is 17.2 Å². The number of aromatic nitrogens is 4. The Balaban J connectivity index is 2.01. The summed E-state index contributed by atoms with van der Waals surface area (Å²) in [6.07, 6.45) is 0. The monoisotopic (exact) mass is 223 g/mol. The van der Waals surface area contributed by atoms with Gasteiger partial charge in [0.05, 0.1) is 11.6 Å². The van der Waals surface area contributed by atoms with E-state index < -0.39 is 0 Å². The molecule has 0 radical (unpaired) electrons. The summed E-state index contributed by atoms with van der Waals surface area (Å²) in [6, 6.07) is 1.51. The molecule has 1 atom stereocenters. The fourth-order valence-electron chi connectivity index (χ4n) is 1.09. The van der Waals surface area contributed by atoms with Gasteiger partial charge in [-0.3, -0.25) is 4.79 Å². The molecule has 78 valence electrons. The van der Waals surface area contributed by atoms with E-state index in [4.69, 9.17) is 0 Å². The first-order chi connectivity index (χ1) is 7.27. The highest BCUT2D eigenvalue weighted by atomic mass is 32.1. The van der Waals surface area contributed by atoms with Crippen LogP contribution in [-0.2, 0) is 0 Å². The van der Waals surface area contributed by atoms with Crippen LogP contribution in [0.1, 0.15) is 29.1 Å². The van der Waals surface area contributed by atoms with Gasteiger partial charge in [-0.15, -0.1) is 10.2 Å². The number of carbonyl (C=O) groups is 1. The van der Waals surface area contributed by atoms with Crippen molar-refractivity contribution < 1.29 is 4.79 Å². The summed E-state index contributed by atoms with van der Waals surface area (Å²) < 4.78 is 0. The van der Waals surface area contributed by atoms with E-state index in [1.54, 1.807) is 18.4 Å². The lowest BCUT2D eigenvalue weighted by Crippen LogP contribution is -2.27. The summed E-state index contributed by atoms with van der Waals surface area (Å²) in [6.45, 7) is 1.80. The van der Waals surface area contributed by atoms with Crippen LogP contribution in [0.2, 0.25) is 0 Å². The Morgan fingerprint density at radius 2 is 2.53 bits per heavy atom. The molecule has 0 aliphatic rings. The summed E-state index contributed by atoms with van der Waals surface area (Å²) in [5.41, 5.74) is 0.648. The number of nitrogens with zero attached hydrogens (tertiary/aromatic N) is 3. The molecule has 2 aromatic heterocycles. The number of H-pyrrole nitrogens is 1. The molecule has 0 aliphatic carbocycles. The number of nitrogens with one attached hydrogen (secondary N) is 2. The van der Waals surface area contributed by atoms with Crippen LogP contribution in [0, 0.1) is 0 Å². The van der Waals surface area contributed by atoms with E-state index in [2.05, 4.69) is 25.9 Å². The number of thiophene rings is 1. The molecule has 0 saturated carbocycles. The zero-order chi connectivity index (χ0) is 10.7. The SMILES string of the molecule is CC(NC(=O)c1ccsc1)c1nn[nH]n1. The van der Waals surface area contributed by atoms with Crippen LogP contribution in [0.3, 0.4) is 0 Å². The van der Waals surface area contributed by atoms with E-state index in [-0.39, 0.29) is 11.9 Å². The van der Waals surface area contributed by atoms with Crippen LogP contribution in [-0.4, -0.2) is 26.5 Å². The molecule has 2 heterocycles. The molecule has 15 heavy (non-hydrogen) atoms. The highest BCUT2D eigenvalue weighted by Crippen LogP contribution is 2.09. The lowest BCUT2D eigenvalue weighted by molar-refractivity contribution is 0.0939. The molecule has 0 bridgehead atoms. The van der Waals surface area contributed by atoms with Crippen LogP contribution in [0.25, 0.3) is 0 Å². The smallest absolute Gasteiger partial charge is 0.252 e. The van der Waals surface area contributed by atoms with E-state index in [0.717, 1.165) is 0 Å². The Morgan fingerprint density at radius 3 is 3.13 bits per heavy atom. The summed E-state index contributed by atoms with van der Waals surface area (Å²) in [4.78, 5) is 11.6. The molecular weight excluding hydrogens is 214 g/mol. The molecule has 1 amide bonds. The summed E-state index contributed by atoms with van der Waals surface area (Å²) >= 11 is 1.48. The Labute approximate surface area is 89.7 Å². The van der Waals surface area contributed by atoms with E-state index >= 15 is 0 Å². The van der Waals surface area contributed by atoms with E-state index in [0.29, 0.717) is 11.4 Å². The van der Waals surface area contributed by atoms with Crippen LogP contribution in [0.15, 0.2) is 16.8 Å². The first kappa shape index (κ1) is 9.78. The topological polar surface area (TPSA) is 83.6 Å². The third-order valence-electron chi connectivity index (χ3n) is 1.88. The predicted molar refractivity (Wildman–Crippen MR) is 54.4 cm³/mol. The van der Waals surface area contributed by atoms with Crippen molar-refractivity contribution in [2.24, 2.45) is 0 Å². The van der Waals surface area contributed by atoms with Crippen molar-refractivity contribution in [3.8, 4) is 0 Å². The van der Waals surface area contributed by atoms with Gasteiger partial charge in [0.2, 0.25) is 0 Å². The molecule has 0 aliphatic heterocycles. The fraction of sp³-hybridized carbons (Fsp3) is 0.250. The molecule has 1 unspecified atom stereocenters. The number of hydrogen-bond acceptors (Lipinski definition) is 5. The summed E-state index contributed by atoms with van der Waals surface area (Å²) in [5.74, 6) is 0.340. The maximum atomic E-state index is 11.6. The first-order valence-electron chi connectivity index (χ1n) is 4.34. The van der Waals surface area contributed by atoms with Gasteiger partial charge in [0.25, 0.3) is 5.91 Å². The Hall–Kier alpha value is -1.76. The number of carbonyl (C=O) groups excluding carboxylic acids is 1. The van der Waals surface area contributed by atoms with Crippen molar-refractivity contribution in [1.82, 2.24) is 25.9 Å². The average Bonchev–Trinajstić information content (AvgIpc) is 2.91. The van der Waals surface area contributed by atoms with E-state index in [1.807, 2.05) is 5.38 Å². The average molecular weight is 223 g/mol. The first-order valence-corrected chi connectivity index (χ1v) is 5.28. The second kappa shape index (κ2) is 4.18. The van der Waals surface area contributed by atoms with Crippen LogP contribution in [0.4, 0.5) is 0 Å². The Morgan fingerprint density at radius 1 is 1.67 bits per heavy atom. The van der Waals surface area contributed by atoms with Gasteiger partial charge in [-0.1, -0.05) is 5.21 Å². The quantitative estimate of drug-likeness (QED) is 0.804. The van der Waals surface area contributed by atoms with Crippen molar-refractivity contribution in [2.45, 2.75) is 13.0 Å². The van der Waals surface area contributed by atoms with Crippen LogP contribution < -0.4 is 5.32 Å². The predicted octanol–water partition coefficient (Wildman–Crippen LogP) is 0.752. The molecule has 0 aromatic carbocycles. The van der Waals surface area contributed by atoms with Gasteiger partial charge in [-0.05, 0) is 18.4 Å². The van der Waals surface area contributed by atoms with Gasteiger partial charge in [-0.25, -0.2) is 0 Å². The van der Waals surface area contributed by atoms with Crippen LogP contribution in [0.5, 0.6) is 0 Å². The minimum atomic E-state index is -0.254. The number of aromatic amines is 1. The zero-order valence-corrected chi connectivity index (χ0v) is 8.78. The standard InChI is InChI=1S/C8H9N5OS/c1-5(7-10-12-13-11-7)9-8(14)6-2-3-15-4-6/h2-5H,1H3,(H,9,14)(H,10,11,12,13). The molecule has 2 aromatic rings. The van der Waals surface area contributed by atoms with Crippen LogP contribution >= 0.6 is 11.3 Å². The lowest BCUT2D eigenvalue weighted by atomic mass is 10.2. The van der Waals surface area contributed by atoms with Gasteiger partial charge in [0.1, 0.15) is 0 Å². The maximum absolute atomic E-state index is 11.6.